The number of anilines is 1. The molecule has 1 heterocycles. The van der Waals surface area contributed by atoms with E-state index in [0.29, 0.717) is 39.7 Å². The van der Waals surface area contributed by atoms with Crippen LogP contribution in [-0.4, -0.2) is 27.2 Å². The van der Waals surface area contributed by atoms with Gasteiger partial charge in [-0.25, -0.2) is 4.39 Å². The van der Waals surface area contributed by atoms with Gasteiger partial charge in [-0.15, -0.1) is 0 Å². The van der Waals surface area contributed by atoms with E-state index in [9.17, 15) is 9.18 Å². The Morgan fingerprint density at radius 1 is 0.943 bits per heavy atom. The molecule has 1 aromatic heterocycles. The van der Waals surface area contributed by atoms with Gasteiger partial charge in [0.15, 0.2) is 0 Å². The van der Waals surface area contributed by atoms with Gasteiger partial charge in [-0.3, -0.25) is 4.79 Å². The average molecular weight is 476 g/mol. The zero-order valence-corrected chi connectivity index (χ0v) is 20.2. The molecule has 0 radical (unpaired) electrons. The normalized spacial score (nSPS) is 11.4. The molecule has 1 amide bonds. The number of ether oxygens (including phenoxy) is 3. The number of carbonyl (C=O) groups excluding carboxylic acids is 1. The maximum atomic E-state index is 13.8. The summed E-state index contributed by atoms with van der Waals surface area (Å²) in [6.45, 7) is 3.48. The van der Waals surface area contributed by atoms with Gasteiger partial charge in [0.2, 0.25) is 5.91 Å². The van der Waals surface area contributed by atoms with Crippen LogP contribution in [0.3, 0.4) is 0 Å². The number of furan rings is 1. The number of aryl methyl sites for hydroxylation is 1. The standard InChI is InChI=1S/C28H26FNO5/c1-16-6-7-18(11-24(16)29)30-28(31)10-17(2)20-13-22-23(15-35-27(22)14-26(20)34-5)21-12-19(32-3)8-9-25(21)33-4/h6-15H,1-5H3,(H,30,31)/b17-10+. The van der Waals surface area contributed by atoms with Crippen molar-refractivity contribution in [1.82, 2.24) is 0 Å². The minimum absolute atomic E-state index is 0.379. The smallest absolute Gasteiger partial charge is 0.248 e. The van der Waals surface area contributed by atoms with Crippen molar-refractivity contribution in [3.8, 4) is 28.4 Å². The van der Waals surface area contributed by atoms with Gasteiger partial charge in [0.1, 0.15) is 28.6 Å². The SMILES string of the molecule is COc1ccc(OC)c(-c2coc3cc(OC)c(/C(C)=C/C(=O)Nc4ccc(C)c(F)c4)cc23)c1. The zero-order chi connectivity index (χ0) is 25.1. The van der Waals surface area contributed by atoms with Crippen LogP contribution in [0.25, 0.3) is 27.7 Å². The van der Waals surface area contributed by atoms with E-state index in [1.54, 1.807) is 52.7 Å². The second kappa shape index (κ2) is 9.93. The Morgan fingerprint density at radius 3 is 2.40 bits per heavy atom. The molecule has 4 rings (SSSR count). The van der Waals surface area contributed by atoms with E-state index < -0.39 is 0 Å². The van der Waals surface area contributed by atoms with E-state index in [4.69, 9.17) is 18.6 Å². The lowest BCUT2D eigenvalue weighted by atomic mass is 9.98. The molecule has 0 aliphatic rings. The van der Waals surface area contributed by atoms with Gasteiger partial charge in [-0.2, -0.15) is 0 Å². The predicted molar refractivity (Wildman–Crippen MR) is 135 cm³/mol. The highest BCUT2D eigenvalue weighted by Crippen LogP contribution is 2.41. The van der Waals surface area contributed by atoms with Crippen molar-refractivity contribution in [2.75, 3.05) is 26.6 Å². The second-order valence-corrected chi connectivity index (χ2v) is 8.04. The second-order valence-electron chi connectivity index (χ2n) is 8.04. The fourth-order valence-electron chi connectivity index (χ4n) is 3.89. The number of methoxy groups -OCH3 is 3. The highest BCUT2D eigenvalue weighted by Gasteiger charge is 2.18. The third-order valence-corrected chi connectivity index (χ3v) is 5.80. The van der Waals surface area contributed by atoms with Crippen molar-refractivity contribution in [2.45, 2.75) is 13.8 Å². The van der Waals surface area contributed by atoms with Crippen LogP contribution in [0.1, 0.15) is 18.1 Å². The summed E-state index contributed by atoms with van der Waals surface area (Å²) in [4.78, 5) is 12.6. The summed E-state index contributed by atoms with van der Waals surface area (Å²) >= 11 is 0. The Kier molecular flexibility index (Phi) is 6.78. The third-order valence-electron chi connectivity index (χ3n) is 5.80. The topological polar surface area (TPSA) is 69.9 Å². The molecule has 0 atom stereocenters. The Morgan fingerprint density at radius 2 is 1.71 bits per heavy atom. The molecule has 35 heavy (non-hydrogen) atoms. The van der Waals surface area contributed by atoms with Gasteiger partial charge in [0.25, 0.3) is 0 Å². The molecule has 6 nitrogen and oxygen atoms in total. The Bertz CT molecular complexity index is 1440. The highest BCUT2D eigenvalue weighted by molar-refractivity contribution is 6.05. The van der Waals surface area contributed by atoms with Crippen molar-refractivity contribution in [3.05, 3.63) is 77.8 Å². The lowest BCUT2D eigenvalue weighted by molar-refractivity contribution is -0.111. The monoisotopic (exact) mass is 475 g/mol. The number of amides is 1. The quantitative estimate of drug-likeness (QED) is 0.304. The van der Waals surface area contributed by atoms with E-state index in [0.717, 1.165) is 22.1 Å². The minimum Gasteiger partial charge on any atom is -0.497 e. The van der Waals surface area contributed by atoms with Crippen LogP contribution in [0, 0.1) is 12.7 Å². The van der Waals surface area contributed by atoms with Gasteiger partial charge in [0.05, 0.1) is 27.6 Å². The number of halogens is 1. The van der Waals surface area contributed by atoms with Gasteiger partial charge < -0.3 is 23.9 Å². The molecule has 4 aromatic rings. The summed E-state index contributed by atoms with van der Waals surface area (Å²) < 4.78 is 36.2. The van der Waals surface area contributed by atoms with Crippen molar-refractivity contribution >= 4 is 28.1 Å². The lowest BCUT2D eigenvalue weighted by Gasteiger charge is -2.12. The Balaban J connectivity index is 1.75. The first-order valence-electron chi connectivity index (χ1n) is 10.9. The Hall–Kier alpha value is -4.26. The molecule has 0 saturated heterocycles. The molecule has 3 aromatic carbocycles. The zero-order valence-electron chi connectivity index (χ0n) is 20.2. The largest absolute Gasteiger partial charge is 0.497 e. The number of hydrogen-bond donors (Lipinski definition) is 1. The summed E-state index contributed by atoms with van der Waals surface area (Å²) in [6.07, 6.45) is 3.11. The number of fused-ring (bicyclic) bond motifs is 1. The van der Waals surface area contributed by atoms with Crippen molar-refractivity contribution in [3.63, 3.8) is 0 Å². The molecule has 0 fully saturated rings. The van der Waals surface area contributed by atoms with Crippen LogP contribution in [0.4, 0.5) is 10.1 Å². The molecule has 0 saturated carbocycles. The van der Waals surface area contributed by atoms with E-state index in [-0.39, 0.29) is 11.7 Å². The lowest BCUT2D eigenvalue weighted by Crippen LogP contribution is -2.09. The fourth-order valence-corrected chi connectivity index (χ4v) is 3.89. The van der Waals surface area contributed by atoms with Crippen LogP contribution in [0.2, 0.25) is 0 Å². The summed E-state index contributed by atoms with van der Waals surface area (Å²) in [5.74, 6) is 1.15. The minimum atomic E-state index is -0.380. The van der Waals surface area contributed by atoms with Crippen LogP contribution < -0.4 is 19.5 Å². The van der Waals surface area contributed by atoms with Gasteiger partial charge in [0, 0.05) is 39.9 Å². The predicted octanol–water partition coefficient (Wildman–Crippen LogP) is 6.62. The first-order chi connectivity index (χ1) is 16.8. The molecule has 0 bridgehead atoms. The van der Waals surface area contributed by atoms with Crippen LogP contribution in [-0.2, 0) is 4.79 Å². The number of nitrogens with one attached hydrogen (secondary N) is 1. The molecule has 7 heteroatoms. The van der Waals surface area contributed by atoms with Crippen molar-refractivity contribution in [1.29, 1.82) is 0 Å². The highest BCUT2D eigenvalue weighted by atomic mass is 19.1. The third kappa shape index (κ3) is 4.84. The van der Waals surface area contributed by atoms with E-state index in [1.165, 1.54) is 12.1 Å². The first kappa shape index (κ1) is 23.9. The molecular formula is C28H26FNO5. The summed E-state index contributed by atoms with van der Waals surface area (Å²) in [6, 6.07) is 13.8. The molecule has 180 valence electrons. The van der Waals surface area contributed by atoms with Crippen LogP contribution >= 0.6 is 0 Å². The number of allylic oxidation sites excluding steroid dienone is 1. The van der Waals surface area contributed by atoms with Gasteiger partial charge in [-0.1, -0.05) is 6.07 Å². The fraction of sp³-hybridized carbons (Fsp3) is 0.179. The molecule has 0 aliphatic heterocycles. The summed E-state index contributed by atoms with van der Waals surface area (Å²) in [7, 11) is 4.77. The molecule has 0 unspecified atom stereocenters. The van der Waals surface area contributed by atoms with E-state index in [1.807, 2.05) is 31.2 Å². The van der Waals surface area contributed by atoms with Crippen LogP contribution in [0.5, 0.6) is 17.2 Å². The van der Waals surface area contributed by atoms with Gasteiger partial charge in [-0.05, 0) is 61.4 Å². The van der Waals surface area contributed by atoms with E-state index in [2.05, 4.69) is 5.32 Å². The number of hydrogen-bond acceptors (Lipinski definition) is 5. The summed E-state index contributed by atoms with van der Waals surface area (Å²) in [5, 5.41) is 3.52. The molecule has 0 aliphatic carbocycles. The summed E-state index contributed by atoms with van der Waals surface area (Å²) in [5.41, 5.74) is 4.52. The first-order valence-corrected chi connectivity index (χ1v) is 10.9. The van der Waals surface area contributed by atoms with Crippen molar-refractivity contribution < 1.29 is 27.8 Å². The maximum absolute atomic E-state index is 13.8. The Labute approximate surface area is 202 Å². The van der Waals surface area contributed by atoms with Gasteiger partial charge >= 0.3 is 0 Å². The molecule has 1 N–H and O–H groups in total. The average Bonchev–Trinajstić information content (AvgIpc) is 3.27. The number of carbonyl (C=O) groups is 1. The van der Waals surface area contributed by atoms with Crippen molar-refractivity contribution in [2.24, 2.45) is 0 Å². The molecular weight excluding hydrogens is 449 g/mol. The van der Waals surface area contributed by atoms with Crippen LogP contribution in [0.15, 0.2) is 65.3 Å². The number of rotatable bonds is 7. The number of benzene rings is 3. The maximum Gasteiger partial charge on any atom is 0.248 e. The van der Waals surface area contributed by atoms with E-state index >= 15 is 0 Å². The molecule has 0 spiro atoms.